The average molecular weight is 955 g/mol. The summed E-state index contributed by atoms with van der Waals surface area (Å²) in [4.78, 5) is 0. The lowest BCUT2D eigenvalue weighted by atomic mass is 9.73. The number of rotatable bonds is 3. The zero-order valence-electron chi connectivity index (χ0n) is 43.3. The van der Waals surface area contributed by atoms with E-state index in [1.165, 1.54) is 163 Å². The summed E-state index contributed by atoms with van der Waals surface area (Å²) in [6, 6.07) is 69.2. The lowest BCUT2D eigenvalue weighted by molar-refractivity contribution is 0.646. The molecule has 5 aliphatic carbocycles. The standard InChI is InChI=1S/C75H54/c1-73(2)41-51(33-49-31-47-35-65-57-19-11-7-15-53(57)55-17-9-13-21-59(55)67(65)39-63(47)71(49)73)44-25-23-43(24-26-44)45-27-29-61-62-30-28-46(38-70(62)75(5,6)69(61)37-45)52-34-50-32-48-36-66-58-20-12-8-16-54(58)56-18-10-14-22-60(56)68(66)40-64(48)72(50)74(3,4)42-52/h7-42H,1-6H3. The van der Waals surface area contributed by atoms with Crippen LogP contribution in [-0.2, 0) is 5.41 Å². The van der Waals surface area contributed by atoms with Gasteiger partial charge in [0.05, 0.1) is 0 Å². The molecule has 0 bridgehead atoms. The van der Waals surface area contributed by atoms with Crippen LogP contribution < -0.4 is 20.9 Å². The molecule has 0 N–H and O–H groups in total. The van der Waals surface area contributed by atoms with Crippen molar-refractivity contribution in [1.82, 2.24) is 0 Å². The van der Waals surface area contributed by atoms with E-state index in [1.54, 1.807) is 0 Å². The van der Waals surface area contributed by atoms with Gasteiger partial charge in [0.15, 0.2) is 0 Å². The summed E-state index contributed by atoms with van der Waals surface area (Å²) in [5.74, 6) is 0. The Morgan fingerprint density at radius 1 is 0.267 bits per heavy atom. The van der Waals surface area contributed by atoms with Crippen LogP contribution in [0.2, 0.25) is 0 Å². The number of benzene rings is 11. The maximum Gasteiger partial charge on any atom is 0.0159 e. The van der Waals surface area contributed by atoms with Crippen molar-refractivity contribution >= 4 is 99.1 Å². The van der Waals surface area contributed by atoms with E-state index in [2.05, 4.69) is 260 Å². The molecule has 354 valence electrons. The third-order valence-electron chi connectivity index (χ3n) is 18.1. The monoisotopic (exact) mass is 954 g/mol. The minimum Gasteiger partial charge on any atom is -0.0665 e. The summed E-state index contributed by atoms with van der Waals surface area (Å²) >= 11 is 0. The molecular formula is C75H54. The molecule has 0 fully saturated rings. The molecule has 0 heterocycles. The quantitative estimate of drug-likeness (QED) is 0.155. The van der Waals surface area contributed by atoms with Crippen molar-refractivity contribution in [3.63, 3.8) is 0 Å². The van der Waals surface area contributed by atoms with Crippen molar-refractivity contribution in [1.29, 1.82) is 0 Å². The van der Waals surface area contributed by atoms with E-state index < -0.39 is 0 Å². The summed E-state index contributed by atoms with van der Waals surface area (Å²) < 4.78 is 0. The zero-order chi connectivity index (χ0) is 50.3. The van der Waals surface area contributed by atoms with Crippen molar-refractivity contribution in [3.05, 3.63) is 261 Å². The molecule has 0 saturated heterocycles. The largest absolute Gasteiger partial charge is 0.0665 e. The van der Waals surface area contributed by atoms with E-state index in [9.17, 15) is 0 Å². The van der Waals surface area contributed by atoms with Gasteiger partial charge in [0.2, 0.25) is 0 Å². The van der Waals surface area contributed by atoms with E-state index in [0.29, 0.717) is 0 Å². The van der Waals surface area contributed by atoms with Crippen molar-refractivity contribution in [2.24, 2.45) is 10.8 Å². The van der Waals surface area contributed by atoms with Gasteiger partial charge in [-0.1, -0.05) is 199 Å². The molecule has 0 aliphatic heterocycles. The van der Waals surface area contributed by atoms with Crippen LogP contribution in [0, 0.1) is 10.8 Å². The second-order valence-electron chi connectivity index (χ2n) is 23.8. The van der Waals surface area contributed by atoms with Gasteiger partial charge in [0.25, 0.3) is 0 Å². The Morgan fingerprint density at radius 2 is 0.600 bits per heavy atom. The topological polar surface area (TPSA) is 0 Å². The minimum absolute atomic E-state index is 0.148. The molecule has 0 aromatic heterocycles. The predicted molar refractivity (Wildman–Crippen MR) is 321 cm³/mol. The summed E-state index contributed by atoms with van der Waals surface area (Å²) in [5.41, 5.74) is 18.1. The Hall–Kier alpha value is -8.58. The fourth-order valence-corrected chi connectivity index (χ4v) is 14.7. The van der Waals surface area contributed by atoms with Crippen molar-refractivity contribution in [2.45, 2.75) is 47.0 Å². The summed E-state index contributed by atoms with van der Waals surface area (Å²) in [6.45, 7) is 14.4. The zero-order valence-corrected chi connectivity index (χ0v) is 43.3. The van der Waals surface area contributed by atoms with Gasteiger partial charge < -0.3 is 0 Å². The lowest BCUT2D eigenvalue weighted by Gasteiger charge is -2.30. The Balaban J connectivity index is 0.715. The van der Waals surface area contributed by atoms with E-state index in [0.717, 1.165) is 0 Å². The molecule has 0 amide bonds. The van der Waals surface area contributed by atoms with Gasteiger partial charge in [-0.25, -0.2) is 0 Å². The first kappa shape index (κ1) is 42.9. The summed E-state index contributed by atoms with van der Waals surface area (Å²) in [6.07, 6.45) is 14.8. The van der Waals surface area contributed by atoms with Gasteiger partial charge in [0.1, 0.15) is 0 Å². The molecule has 75 heavy (non-hydrogen) atoms. The molecule has 0 radical (unpaired) electrons. The van der Waals surface area contributed by atoms with Gasteiger partial charge in [-0.15, -0.1) is 0 Å². The normalized spacial score (nSPS) is 17.2. The number of hydrogen-bond acceptors (Lipinski definition) is 0. The number of allylic oxidation sites excluding steroid dienone is 8. The van der Waals surface area contributed by atoms with Crippen LogP contribution in [0.25, 0.3) is 121 Å². The van der Waals surface area contributed by atoms with Gasteiger partial charge >= 0.3 is 0 Å². The van der Waals surface area contributed by atoms with Crippen molar-refractivity contribution < 1.29 is 0 Å². The molecule has 0 spiro atoms. The Morgan fingerprint density at radius 3 is 1.03 bits per heavy atom. The highest BCUT2D eigenvalue weighted by molar-refractivity contribution is 6.27. The molecule has 5 aliphatic rings. The third-order valence-corrected chi connectivity index (χ3v) is 18.1. The van der Waals surface area contributed by atoms with Gasteiger partial charge in [-0.05, 0) is 224 Å². The first-order chi connectivity index (χ1) is 36.4. The van der Waals surface area contributed by atoms with Crippen LogP contribution in [0.1, 0.15) is 63.8 Å². The molecule has 0 saturated carbocycles. The van der Waals surface area contributed by atoms with Crippen LogP contribution >= 0.6 is 0 Å². The second kappa shape index (κ2) is 14.8. The van der Waals surface area contributed by atoms with Crippen molar-refractivity contribution in [2.75, 3.05) is 0 Å². The lowest BCUT2D eigenvalue weighted by Crippen LogP contribution is -2.28. The molecule has 0 nitrogen and oxygen atoms in total. The highest BCUT2D eigenvalue weighted by atomic mass is 14.4. The minimum atomic E-state index is -0.159. The molecular weight excluding hydrogens is 901 g/mol. The first-order valence-corrected chi connectivity index (χ1v) is 26.9. The SMILES string of the molecule is CC1(C)C=C(c2ccc(-c3ccc4c(c3)C(C)(C)c3cc(C5=CC(C)(C)C6=c7cc8c9ccccc9c9ccccc9c8cc7=CC6=C5)ccc3-4)cc2)C=C2C=c3cc4c5ccccc5c5ccccc5c4cc3=C21. The van der Waals surface area contributed by atoms with Gasteiger partial charge in [-0.3, -0.25) is 0 Å². The van der Waals surface area contributed by atoms with Crippen LogP contribution in [0.3, 0.4) is 0 Å². The van der Waals surface area contributed by atoms with E-state index in [4.69, 9.17) is 0 Å². The molecule has 0 unspecified atom stereocenters. The number of fused-ring (bicyclic) bond motifs is 19. The number of hydrogen-bond donors (Lipinski definition) is 0. The molecule has 11 aromatic carbocycles. The predicted octanol–water partition coefficient (Wildman–Crippen LogP) is 16.6. The van der Waals surface area contributed by atoms with Crippen LogP contribution in [0.4, 0.5) is 0 Å². The maximum atomic E-state index is 2.52. The maximum absolute atomic E-state index is 2.52. The van der Waals surface area contributed by atoms with E-state index >= 15 is 0 Å². The Kier molecular flexibility index (Phi) is 8.46. The van der Waals surface area contributed by atoms with Gasteiger partial charge in [-0.2, -0.15) is 0 Å². The van der Waals surface area contributed by atoms with Crippen LogP contribution in [0.15, 0.2) is 217 Å². The molecule has 0 atom stereocenters. The highest BCUT2D eigenvalue weighted by Gasteiger charge is 2.37. The Bertz CT molecular complexity index is 4920. The highest BCUT2D eigenvalue weighted by Crippen LogP contribution is 2.52. The smallest absolute Gasteiger partial charge is 0.0159 e. The molecule has 11 aromatic rings. The summed E-state index contributed by atoms with van der Waals surface area (Å²) in [7, 11) is 0. The van der Waals surface area contributed by atoms with Crippen molar-refractivity contribution in [3.8, 4) is 22.3 Å². The fourth-order valence-electron chi connectivity index (χ4n) is 14.7. The van der Waals surface area contributed by atoms with Crippen LogP contribution in [-0.4, -0.2) is 0 Å². The second-order valence-corrected chi connectivity index (χ2v) is 23.8. The summed E-state index contributed by atoms with van der Waals surface area (Å²) in [5, 5.41) is 21.2. The van der Waals surface area contributed by atoms with Crippen LogP contribution in [0.5, 0.6) is 0 Å². The van der Waals surface area contributed by atoms with E-state index in [-0.39, 0.29) is 16.2 Å². The average Bonchev–Trinajstić information content (AvgIpc) is 4.07. The first-order valence-electron chi connectivity index (χ1n) is 26.9. The Labute approximate surface area is 437 Å². The van der Waals surface area contributed by atoms with Gasteiger partial charge in [0, 0.05) is 16.2 Å². The third kappa shape index (κ3) is 6.00. The van der Waals surface area contributed by atoms with E-state index in [1.807, 2.05) is 0 Å². The fraction of sp³-hybridized carbons (Fsp3) is 0.120. The molecule has 16 rings (SSSR count). The molecule has 0 heteroatoms.